The molecule has 2 aliphatic rings. The molecular weight excluding hydrogens is 496 g/mol. The van der Waals surface area contributed by atoms with Crippen LogP contribution in [0.2, 0.25) is 0 Å². The lowest BCUT2D eigenvalue weighted by Gasteiger charge is -2.52. The van der Waals surface area contributed by atoms with Crippen molar-refractivity contribution in [1.29, 1.82) is 0 Å². The SMILES string of the molecule is COCC(CC1CCCCC1)(CC1CCCCC1)C(OC)C(OC)C(COC)(c1ccccc1)c1ccccc1. The van der Waals surface area contributed by atoms with E-state index in [9.17, 15) is 0 Å². The summed E-state index contributed by atoms with van der Waals surface area (Å²) < 4.78 is 25.7. The quantitative estimate of drug-likeness (QED) is 0.224. The van der Waals surface area contributed by atoms with Gasteiger partial charge in [0.15, 0.2) is 0 Å². The van der Waals surface area contributed by atoms with Gasteiger partial charge in [-0.2, -0.15) is 0 Å². The molecule has 0 bridgehead atoms. The van der Waals surface area contributed by atoms with E-state index in [2.05, 4.69) is 60.7 Å². The van der Waals surface area contributed by atoms with Crippen molar-refractivity contribution in [2.75, 3.05) is 41.7 Å². The van der Waals surface area contributed by atoms with Gasteiger partial charge in [-0.25, -0.2) is 0 Å². The third kappa shape index (κ3) is 7.01. The van der Waals surface area contributed by atoms with Crippen molar-refractivity contribution in [3.8, 4) is 0 Å². The highest BCUT2D eigenvalue weighted by atomic mass is 16.5. The molecule has 2 fully saturated rings. The average Bonchev–Trinajstić information content (AvgIpc) is 3.01. The predicted octanol–water partition coefficient (Wildman–Crippen LogP) is 8.22. The number of hydrogen-bond acceptors (Lipinski definition) is 4. The van der Waals surface area contributed by atoms with Crippen LogP contribution in [0.25, 0.3) is 0 Å². The summed E-state index contributed by atoms with van der Waals surface area (Å²) >= 11 is 0. The van der Waals surface area contributed by atoms with E-state index < -0.39 is 5.41 Å². The standard InChI is InChI=1S/C36H54O4/c1-37-27-35(25-29-17-9-5-10-18-29,26-30-19-11-6-12-20-30)33(39-3)34(40-4)36(28-38-2,31-21-13-7-14-22-31)32-23-15-8-16-24-32/h7-8,13-16,21-24,29-30,33-34H,5-6,9-12,17-20,25-28H2,1-4H3. The van der Waals surface area contributed by atoms with Crippen LogP contribution in [0.3, 0.4) is 0 Å². The predicted molar refractivity (Wildman–Crippen MR) is 164 cm³/mol. The summed E-state index contributed by atoms with van der Waals surface area (Å²) in [7, 11) is 7.45. The molecule has 2 aromatic rings. The molecule has 0 aliphatic heterocycles. The zero-order valence-corrected chi connectivity index (χ0v) is 25.6. The fraction of sp³-hybridized carbons (Fsp3) is 0.667. The van der Waals surface area contributed by atoms with Crippen LogP contribution in [-0.4, -0.2) is 53.9 Å². The van der Waals surface area contributed by atoms with Crippen LogP contribution >= 0.6 is 0 Å². The number of benzene rings is 2. The molecular formula is C36H54O4. The summed E-state index contributed by atoms with van der Waals surface area (Å²) in [6, 6.07) is 21.6. The Balaban J connectivity index is 1.87. The molecule has 2 saturated carbocycles. The Labute approximate surface area is 244 Å². The van der Waals surface area contributed by atoms with Crippen LogP contribution in [-0.2, 0) is 24.4 Å². The molecule has 222 valence electrons. The fourth-order valence-electron chi connectivity index (χ4n) is 8.46. The first-order valence-corrected chi connectivity index (χ1v) is 15.8. The Kier molecular flexibility index (Phi) is 12.1. The summed E-state index contributed by atoms with van der Waals surface area (Å²) in [5.74, 6) is 1.40. The van der Waals surface area contributed by atoms with Gasteiger partial charge in [0.05, 0.1) is 30.8 Å². The van der Waals surface area contributed by atoms with Crippen molar-refractivity contribution in [2.24, 2.45) is 17.3 Å². The van der Waals surface area contributed by atoms with Gasteiger partial charge >= 0.3 is 0 Å². The minimum absolute atomic E-state index is 0.156. The van der Waals surface area contributed by atoms with Crippen molar-refractivity contribution < 1.29 is 18.9 Å². The lowest BCUT2D eigenvalue weighted by atomic mass is 9.59. The molecule has 4 heteroatoms. The third-order valence-electron chi connectivity index (χ3n) is 10.1. The van der Waals surface area contributed by atoms with Crippen molar-refractivity contribution in [1.82, 2.24) is 0 Å². The number of ether oxygens (including phenoxy) is 4. The van der Waals surface area contributed by atoms with E-state index in [0.717, 1.165) is 12.8 Å². The molecule has 2 atom stereocenters. The second kappa shape index (κ2) is 15.5. The summed E-state index contributed by atoms with van der Waals surface area (Å²) in [6.45, 7) is 1.18. The van der Waals surface area contributed by atoms with E-state index in [1.54, 1.807) is 0 Å². The highest BCUT2D eigenvalue weighted by molar-refractivity contribution is 5.42. The first-order chi connectivity index (χ1) is 19.6. The Hall–Kier alpha value is -1.72. The molecule has 40 heavy (non-hydrogen) atoms. The Morgan fingerprint density at radius 1 is 0.575 bits per heavy atom. The van der Waals surface area contributed by atoms with Crippen LogP contribution in [0.5, 0.6) is 0 Å². The number of methoxy groups -OCH3 is 4. The lowest BCUT2D eigenvalue weighted by Crippen LogP contribution is -2.59. The van der Waals surface area contributed by atoms with Crippen molar-refractivity contribution in [3.05, 3.63) is 71.8 Å². The highest BCUT2D eigenvalue weighted by Gasteiger charge is 2.54. The van der Waals surface area contributed by atoms with E-state index >= 15 is 0 Å². The summed E-state index contributed by atoms with van der Waals surface area (Å²) in [5, 5.41) is 0. The molecule has 4 nitrogen and oxygen atoms in total. The van der Waals surface area contributed by atoms with Crippen LogP contribution in [0.4, 0.5) is 0 Å². The number of rotatable bonds is 15. The van der Waals surface area contributed by atoms with Crippen LogP contribution in [0.1, 0.15) is 88.2 Å². The fourth-order valence-corrected chi connectivity index (χ4v) is 8.46. The van der Waals surface area contributed by atoms with Gasteiger partial charge in [0.25, 0.3) is 0 Å². The Bertz CT molecular complexity index is 890. The largest absolute Gasteiger partial charge is 0.384 e. The zero-order chi connectivity index (χ0) is 28.3. The maximum atomic E-state index is 6.74. The molecule has 2 aliphatic carbocycles. The number of hydrogen-bond donors (Lipinski definition) is 0. The van der Waals surface area contributed by atoms with Crippen molar-refractivity contribution in [3.63, 3.8) is 0 Å². The molecule has 0 amide bonds. The second-order valence-electron chi connectivity index (χ2n) is 12.7. The first kappa shape index (κ1) is 31.2. The van der Waals surface area contributed by atoms with E-state index in [-0.39, 0.29) is 17.6 Å². The zero-order valence-electron chi connectivity index (χ0n) is 25.6. The van der Waals surface area contributed by atoms with Gasteiger partial charge in [0.2, 0.25) is 0 Å². The smallest absolute Gasteiger partial charge is 0.0998 e. The molecule has 4 rings (SSSR count). The monoisotopic (exact) mass is 550 g/mol. The van der Waals surface area contributed by atoms with Gasteiger partial charge in [0, 0.05) is 33.9 Å². The van der Waals surface area contributed by atoms with Gasteiger partial charge in [0.1, 0.15) is 0 Å². The molecule has 0 N–H and O–H groups in total. The highest BCUT2D eigenvalue weighted by Crippen LogP contribution is 2.50. The summed E-state index contributed by atoms with van der Waals surface area (Å²) in [5.41, 5.74) is 1.68. The van der Waals surface area contributed by atoms with Gasteiger partial charge in [-0.3, -0.25) is 0 Å². The van der Waals surface area contributed by atoms with Crippen LogP contribution in [0, 0.1) is 17.3 Å². The maximum absolute atomic E-state index is 6.74. The van der Waals surface area contributed by atoms with E-state index in [4.69, 9.17) is 18.9 Å². The van der Waals surface area contributed by atoms with E-state index in [1.807, 2.05) is 28.4 Å². The first-order valence-electron chi connectivity index (χ1n) is 15.8. The molecule has 0 heterocycles. The summed E-state index contributed by atoms with van der Waals surface area (Å²) in [4.78, 5) is 0. The topological polar surface area (TPSA) is 36.9 Å². The Morgan fingerprint density at radius 3 is 1.38 bits per heavy atom. The van der Waals surface area contributed by atoms with Crippen LogP contribution < -0.4 is 0 Å². The third-order valence-corrected chi connectivity index (χ3v) is 10.1. The van der Waals surface area contributed by atoms with Crippen LogP contribution in [0.15, 0.2) is 60.7 Å². The molecule has 0 radical (unpaired) electrons. The Morgan fingerprint density at radius 2 is 1.00 bits per heavy atom. The molecule has 0 spiro atoms. The molecule has 0 saturated heterocycles. The average molecular weight is 551 g/mol. The molecule has 2 aromatic carbocycles. The second-order valence-corrected chi connectivity index (χ2v) is 12.7. The van der Waals surface area contributed by atoms with E-state index in [1.165, 1.54) is 75.3 Å². The normalized spacial score (nSPS) is 19.4. The summed E-state index contributed by atoms with van der Waals surface area (Å²) in [6.07, 6.45) is 15.1. The maximum Gasteiger partial charge on any atom is 0.0998 e. The van der Waals surface area contributed by atoms with Gasteiger partial charge in [-0.15, -0.1) is 0 Å². The minimum Gasteiger partial charge on any atom is -0.384 e. The molecule has 0 aromatic heterocycles. The molecule has 2 unspecified atom stereocenters. The van der Waals surface area contributed by atoms with Gasteiger partial charge in [-0.1, -0.05) is 125 Å². The van der Waals surface area contributed by atoms with Crippen molar-refractivity contribution >= 4 is 0 Å². The lowest BCUT2D eigenvalue weighted by molar-refractivity contribution is -0.163. The van der Waals surface area contributed by atoms with E-state index in [0.29, 0.717) is 25.0 Å². The van der Waals surface area contributed by atoms with Crippen molar-refractivity contribution in [2.45, 2.75) is 94.7 Å². The van der Waals surface area contributed by atoms with Gasteiger partial charge < -0.3 is 18.9 Å². The minimum atomic E-state index is -0.551. The van der Waals surface area contributed by atoms with Gasteiger partial charge in [-0.05, 0) is 35.8 Å².